The van der Waals surface area contributed by atoms with Crippen molar-refractivity contribution in [3.8, 4) is 0 Å². The summed E-state index contributed by atoms with van der Waals surface area (Å²) in [5.41, 5.74) is -0.0176. The number of alkyl carbamates (subject to hydrolysis) is 1. The predicted molar refractivity (Wildman–Crippen MR) is 80.6 cm³/mol. The maximum atomic E-state index is 12.6. The van der Waals surface area contributed by atoms with E-state index < -0.39 is 23.9 Å². The number of carbonyl (C=O) groups excluding carboxylic acids is 1. The fraction of sp³-hybridized carbons (Fsp3) is 0.267. The summed E-state index contributed by atoms with van der Waals surface area (Å²) in [7, 11) is 0. The molecular formula is C15H11ClF3NO2S. The van der Waals surface area contributed by atoms with Crippen LogP contribution >= 0.6 is 22.9 Å². The second-order valence-electron chi connectivity index (χ2n) is 5.12. The minimum atomic E-state index is -4.36. The molecule has 8 heteroatoms. The molecule has 3 nitrogen and oxygen atoms in total. The van der Waals surface area contributed by atoms with Gasteiger partial charge in [-0.25, -0.2) is 4.79 Å². The molecule has 0 bridgehead atoms. The Kier molecular flexibility index (Phi) is 4.25. The molecule has 2 heterocycles. The minimum Gasteiger partial charge on any atom is -0.438 e. The van der Waals surface area contributed by atoms with Crippen molar-refractivity contribution in [1.29, 1.82) is 0 Å². The molecule has 0 spiro atoms. The van der Waals surface area contributed by atoms with Crippen molar-refractivity contribution in [3.05, 3.63) is 56.7 Å². The van der Waals surface area contributed by atoms with Gasteiger partial charge >= 0.3 is 12.3 Å². The third-order valence-electron chi connectivity index (χ3n) is 3.51. The molecule has 2 atom stereocenters. The number of cyclic esters (lactones) is 1. The van der Waals surface area contributed by atoms with Gasteiger partial charge in [0.2, 0.25) is 0 Å². The average Bonchev–Trinajstić information content (AvgIpc) is 3.04. The lowest BCUT2D eigenvalue weighted by molar-refractivity contribution is -0.137. The number of thiophene rings is 1. The van der Waals surface area contributed by atoms with Crippen molar-refractivity contribution in [2.24, 2.45) is 0 Å². The fourth-order valence-electron chi connectivity index (χ4n) is 2.44. The molecule has 1 fully saturated rings. The average molecular weight is 362 g/mol. The van der Waals surface area contributed by atoms with Crippen molar-refractivity contribution in [2.75, 3.05) is 0 Å². The zero-order valence-corrected chi connectivity index (χ0v) is 13.1. The van der Waals surface area contributed by atoms with Crippen LogP contribution in [0.1, 0.15) is 22.1 Å². The molecule has 1 aromatic carbocycles. The fourth-order valence-corrected chi connectivity index (χ4v) is 3.59. The lowest BCUT2D eigenvalue weighted by Crippen LogP contribution is -2.29. The van der Waals surface area contributed by atoms with Gasteiger partial charge in [-0.05, 0) is 36.2 Å². The molecule has 122 valence electrons. The highest BCUT2D eigenvalue weighted by molar-refractivity contribution is 7.16. The molecule has 1 N–H and O–H groups in total. The number of alkyl halides is 3. The van der Waals surface area contributed by atoms with E-state index in [0.717, 1.165) is 17.0 Å². The van der Waals surface area contributed by atoms with E-state index in [2.05, 4.69) is 5.32 Å². The van der Waals surface area contributed by atoms with Crippen LogP contribution < -0.4 is 5.32 Å². The first-order valence-corrected chi connectivity index (χ1v) is 7.91. The molecule has 1 saturated heterocycles. The van der Waals surface area contributed by atoms with E-state index in [0.29, 0.717) is 16.3 Å². The topological polar surface area (TPSA) is 38.3 Å². The Bertz CT molecular complexity index is 714. The third kappa shape index (κ3) is 3.61. The molecule has 1 aliphatic heterocycles. The Hall–Kier alpha value is -1.73. The largest absolute Gasteiger partial charge is 0.438 e. The number of halogens is 4. The number of benzene rings is 1. The van der Waals surface area contributed by atoms with E-state index in [1.807, 2.05) is 0 Å². The Morgan fingerprint density at radius 3 is 2.43 bits per heavy atom. The van der Waals surface area contributed by atoms with Gasteiger partial charge in [0.05, 0.1) is 15.9 Å². The van der Waals surface area contributed by atoms with Gasteiger partial charge in [0.1, 0.15) is 0 Å². The van der Waals surface area contributed by atoms with Crippen LogP contribution in [-0.2, 0) is 17.3 Å². The molecule has 0 aliphatic carbocycles. The van der Waals surface area contributed by atoms with Crippen LogP contribution in [0.5, 0.6) is 0 Å². The molecule has 1 amide bonds. The summed E-state index contributed by atoms with van der Waals surface area (Å²) in [6.45, 7) is 0. The Morgan fingerprint density at radius 2 is 1.87 bits per heavy atom. The highest BCUT2D eigenvalue weighted by Crippen LogP contribution is 2.35. The quantitative estimate of drug-likeness (QED) is 0.851. The first-order valence-electron chi connectivity index (χ1n) is 6.71. The van der Waals surface area contributed by atoms with Crippen LogP contribution in [0.2, 0.25) is 4.34 Å². The molecule has 23 heavy (non-hydrogen) atoms. The smallest absolute Gasteiger partial charge is 0.416 e. The summed E-state index contributed by atoms with van der Waals surface area (Å²) < 4.78 is 43.5. The van der Waals surface area contributed by atoms with Gasteiger partial charge in [-0.3, -0.25) is 0 Å². The van der Waals surface area contributed by atoms with E-state index in [1.54, 1.807) is 12.1 Å². The van der Waals surface area contributed by atoms with Gasteiger partial charge in [0.15, 0.2) is 6.10 Å². The molecule has 2 unspecified atom stereocenters. The van der Waals surface area contributed by atoms with Crippen molar-refractivity contribution in [1.82, 2.24) is 5.32 Å². The Labute approximate surface area is 139 Å². The molecule has 1 aliphatic rings. The number of carbonyl (C=O) groups is 1. The van der Waals surface area contributed by atoms with E-state index in [4.69, 9.17) is 16.3 Å². The van der Waals surface area contributed by atoms with Crippen LogP contribution in [0.3, 0.4) is 0 Å². The Balaban J connectivity index is 1.76. The summed E-state index contributed by atoms with van der Waals surface area (Å²) >= 11 is 7.20. The number of amides is 1. The standard InChI is InChI=1S/C15H11ClF3NO2S/c16-12-6-5-11(23-12)13-10(20-14(21)22-13)7-8-1-3-9(4-2-8)15(17,18)19/h1-6,10,13H,7H2,(H,20,21). The van der Waals surface area contributed by atoms with E-state index in [9.17, 15) is 18.0 Å². The zero-order valence-electron chi connectivity index (χ0n) is 11.6. The number of hydrogen-bond donors (Lipinski definition) is 1. The van der Waals surface area contributed by atoms with Crippen LogP contribution in [0.25, 0.3) is 0 Å². The minimum absolute atomic E-state index is 0.353. The second-order valence-corrected chi connectivity index (χ2v) is 6.86. The summed E-state index contributed by atoms with van der Waals surface area (Å²) in [6, 6.07) is 8.01. The first-order chi connectivity index (χ1) is 10.8. The molecular weight excluding hydrogens is 351 g/mol. The van der Waals surface area contributed by atoms with Crippen LogP contribution in [0.4, 0.5) is 18.0 Å². The molecule has 3 rings (SSSR count). The summed E-state index contributed by atoms with van der Waals surface area (Å²) in [4.78, 5) is 12.3. The maximum Gasteiger partial charge on any atom is 0.416 e. The number of nitrogens with one attached hydrogen (secondary N) is 1. The van der Waals surface area contributed by atoms with Gasteiger partial charge in [0, 0.05) is 4.88 Å². The number of hydrogen-bond acceptors (Lipinski definition) is 3. The van der Waals surface area contributed by atoms with Crippen LogP contribution in [0, 0.1) is 0 Å². The van der Waals surface area contributed by atoms with Gasteiger partial charge in [0.25, 0.3) is 0 Å². The van der Waals surface area contributed by atoms with Gasteiger partial charge < -0.3 is 10.1 Å². The van der Waals surface area contributed by atoms with Gasteiger partial charge in [-0.1, -0.05) is 23.7 Å². The normalized spacial score (nSPS) is 21.1. The van der Waals surface area contributed by atoms with Crippen molar-refractivity contribution < 1.29 is 22.7 Å². The number of ether oxygens (including phenoxy) is 1. The second kappa shape index (κ2) is 6.05. The van der Waals surface area contributed by atoms with Crippen molar-refractivity contribution in [2.45, 2.75) is 24.7 Å². The predicted octanol–water partition coefficient (Wildman–Crippen LogP) is 4.81. The lowest BCUT2D eigenvalue weighted by atomic mass is 10.00. The van der Waals surface area contributed by atoms with Gasteiger partial charge in [-0.2, -0.15) is 13.2 Å². The van der Waals surface area contributed by atoms with Gasteiger partial charge in [-0.15, -0.1) is 11.3 Å². The van der Waals surface area contributed by atoms with Crippen LogP contribution in [-0.4, -0.2) is 12.1 Å². The monoisotopic (exact) mass is 361 g/mol. The molecule has 2 aromatic rings. The highest BCUT2D eigenvalue weighted by atomic mass is 35.5. The third-order valence-corrected chi connectivity index (χ3v) is 4.81. The first kappa shape index (κ1) is 16.1. The Morgan fingerprint density at radius 1 is 1.17 bits per heavy atom. The molecule has 1 aromatic heterocycles. The van der Waals surface area contributed by atoms with Crippen LogP contribution in [0.15, 0.2) is 36.4 Å². The SMILES string of the molecule is O=C1NC(Cc2ccc(C(F)(F)F)cc2)C(c2ccc(Cl)s2)O1. The zero-order chi connectivity index (χ0) is 16.6. The van der Waals surface area contributed by atoms with E-state index in [1.165, 1.54) is 23.5 Å². The highest BCUT2D eigenvalue weighted by Gasteiger charge is 2.36. The summed E-state index contributed by atoms with van der Waals surface area (Å²) in [5, 5.41) is 2.69. The molecule has 0 saturated carbocycles. The summed E-state index contributed by atoms with van der Waals surface area (Å²) in [6.07, 6.45) is -5.04. The van der Waals surface area contributed by atoms with E-state index in [-0.39, 0.29) is 6.04 Å². The van der Waals surface area contributed by atoms with E-state index >= 15 is 0 Å². The lowest BCUT2D eigenvalue weighted by Gasteiger charge is -2.16. The number of rotatable bonds is 3. The molecule has 0 radical (unpaired) electrons. The summed E-state index contributed by atoms with van der Waals surface area (Å²) in [5.74, 6) is 0. The van der Waals surface area contributed by atoms with Crippen molar-refractivity contribution >= 4 is 29.0 Å². The van der Waals surface area contributed by atoms with Crippen molar-refractivity contribution in [3.63, 3.8) is 0 Å². The maximum absolute atomic E-state index is 12.6.